The van der Waals surface area contributed by atoms with Crippen molar-refractivity contribution in [3.8, 4) is 0 Å². The summed E-state index contributed by atoms with van der Waals surface area (Å²) in [4.78, 5) is 2.25. The van der Waals surface area contributed by atoms with Crippen molar-refractivity contribution in [2.75, 3.05) is 18.5 Å². The highest BCUT2D eigenvalue weighted by atomic mass is 15.1. The summed E-state index contributed by atoms with van der Waals surface area (Å²) in [6.45, 7) is 7.39. The molecular weight excluding hydrogens is 208 g/mol. The zero-order chi connectivity index (χ0) is 12.9. The average Bonchev–Trinajstić information content (AvgIpc) is 2.28. The topological polar surface area (TPSA) is 29.3 Å². The molecule has 0 saturated carbocycles. The zero-order valence-corrected chi connectivity index (χ0v) is 11.7. The molecule has 0 aliphatic heterocycles. The van der Waals surface area contributed by atoms with Gasteiger partial charge < -0.3 is 10.6 Å². The molecule has 0 aliphatic carbocycles. The molecule has 0 amide bonds. The number of aryl methyl sites for hydroxylation is 1. The largest absolute Gasteiger partial charge is 0.373 e. The van der Waals surface area contributed by atoms with Gasteiger partial charge in [0, 0.05) is 24.8 Å². The Hall–Kier alpha value is -1.02. The molecule has 96 valence electrons. The third kappa shape index (κ3) is 4.39. The van der Waals surface area contributed by atoms with Gasteiger partial charge in [-0.2, -0.15) is 0 Å². The molecule has 2 N–H and O–H groups in total. The Morgan fingerprint density at radius 1 is 1.18 bits per heavy atom. The van der Waals surface area contributed by atoms with Crippen LogP contribution in [0.4, 0.5) is 5.69 Å². The number of nitrogens with two attached hydrogens (primary N) is 1. The first kappa shape index (κ1) is 14.0. The van der Waals surface area contributed by atoms with Gasteiger partial charge in [-0.15, -0.1) is 0 Å². The van der Waals surface area contributed by atoms with Crippen LogP contribution in [0.5, 0.6) is 0 Å². The van der Waals surface area contributed by atoms with Gasteiger partial charge in [0.15, 0.2) is 0 Å². The maximum absolute atomic E-state index is 6.28. The third-order valence-corrected chi connectivity index (χ3v) is 3.20. The van der Waals surface area contributed by atoms with E-state index in [9.17, 15) is 0 Å². The fourth-order valence-corrected chi connectivity index (χ4v) is 2.27. The van der Waals surface area contributed by atoms with Crippen LogP contribution in [-0.2, 0) is 6.42 Å². The van der Waals surface area contributed by atoms with Crippen LogP contribution in [0.1, 0.15) is 39.2 Å². The van der Waals surface area contributed by atoms with Crippen molar-refractivity contribution < 1.29 is 0 Å². The predicted octanol–water partition coefficient (Wildman–Crippen LogP) is 3.20. The van der Waals surface area contributed by atoms with Crippen molar-refractivity contribution in [1.82, 2.24) is 0 Å². The second kappa shape index (κ2) is 6.06. The predicted molar refractivity (Wildman–Crippen MR) is 76.6 cm³/mol. The average molecular weight is 234 g/mol. The first-order valence-electron chi connectivity index (χ1n) is 6.57. The molecule has 1 aromatic carbocycles. The molecule has 0 aliphatic rings. The van der Waals surface area contributed by atoms with Gasteiger partial charge in [0.05, 0.1) is 0 Å². The molecule has 1 unspecified atom stereocenters. The van der Waals surface area contributed by atoms with Gasteiger partial charge >= 0.3 is 0 Å². The molecule has 2 heteroatoms. The summed E-state index contributed by atoms with van der Waals surface area (Å²) in [7, 11) is 2.11. The molecule has 17 heavy (non-hydrogen) atoms. The van der Waals surface area contributed by atoms with Crippen molar-refractivity contribution in [3.05, 3.63) is 29.8 Å². The number of likely N-dealkylation sites (N-methyl/N-ethyl adjacent to an activating group) is 1. The molecule has 1 rings (SSSR count). The first-order chi connectivity index (χ1) is 7.98. The van der Waals surface area contributed by atoms with Crippen molar-refractivity contribution in [3.63, 3.8) is 0 Å². The maximum Gasteiger partial charge on any atom is 0.0364 e. The second-order valence-electron chi connectivity index (χ2n) is 5.28. The number of rotatable bonds is 6. The Balaban J connectivity index is 2.65. The minimum absolute atomic E-state index is 0.104. The Labute approximate surface area is 106 Å². The lowest BCUT2D eigenvalue weighted by Gasteiger charge is -2.31. The van der Waals surface area contributed by atoms with E-state index >= 15 is 0 Å². The van der Waals surface area contributed by atoms with E-state index in [1.807, 2.05) is 0 Å². The molecule has 0 spiro atoms. The first-order valence-corrected chi connectivity index (χ1v) is 6.57. The van der Waals surface area contributed by atoms with E-state index in [-0.39, 0.29) is 5.54 Å². The lowest BCUT2D eigenvalue weighted by molar-refractivity contribution is 0.430. The standard InChI is InChI=1S/C15H26N2/c1-5-11-15(3,16)12-17(4)14-9-7-13(6-2)8-10-14/h7-10H,5-6,11-12,16H2,1-4H3. The quantitative estimate of drug-likeness (QED) is 0.819. The van der Waals surface area contributed by atoms with Gasteiger partial charge in [0.1, 0.15) is 0 Å². The summed E-state index contributed by atoms with van der Waals surface area (Å²) in [6.07, 6.45) is 3.29. The summed E-state index contributed by atoms with van der Waals surface area (Å²) in [5.74, 6) is 0. The highest BCUT2D eigenvalue weighted by Crippen LogP contribution is 2.18. The number of hydrogen-bond donors (Lipinski definition) is 1. The highest BCUT2D eigenvalue weighted by Gasteiger charge is 2.19. The van der Waals surface area contributed by atoms with Crippen LogP contribution in [0.25, 0.3) is 0 Å². The van der Waals surface area contributed by atoms with Gasteiger partial charge in [-0.25, -0.2) is 0 Å². The van der Waals surface area contributed by atoms with Crippen LogP contribution >= 0.6 is 0 Å². The van der Waals surface area contributed by atoms with Crippen molar-refractivity contribution in [2.45, 2.75) is 45.6 Å². The van der Waals surface area contributed by atoms with E-state index in [0.29, 0.717) is 0 Å². The molecule has 1 aromatic rings. The Kier molecular flexibility index (Phi) is 5.01. The van der Waals surface area contributed by atoms with Crippen LogP contribution in [0.15, 0.2) is 24.3 Å². The van der Waals surface area contributed by atoms with E-state index in [4.69, 9.17) is 5.73 Å². The fraction of sp³-hybridized carbons (Fsp3) is 0.600. The molecule has 0 saturated heterocycles. The normalized spacial score (nSPS) is 14.4. The van der Waals surface area contributed by atoms with E-state index in [1.54, 1.807) is 0 Å². The van der Waals surface area contributed by atoms with Crippen LogP contribution < -0.4 is 10.6 Å². The monoisotopic (exact) mass is 234 g/mol. The summed E-state index contributed by atoms with van der Waals surface area (Å²) in [6, 6.07) is 8.75. The molecule has 0 radical (unpaired) electrons. The van der Waals surface area contributed by atoms with Crippen LogP contribution in [0.3, 0.4) is 0 Å². The van der Waals surface area contributed by atoms with Gasteiger partial charge in [0.25, 0.3) is 0 Å². The molecule has 1 atom stereocenters. The number of anilines is 1. The van der Waals surface area contributed by atoms with Gasteiger partial charge in [-0.05, 0) is 37.5 Å². The minimum atomic E-state index is -0.104. The Morgan fingerprint density at radius 3 is 2.24 bits per heavy atom. The van der Waals surface area contributed by atoms with E-state index in [0.717, 1.165) is 25.8 Å². The van der Waals surface area contributed by atoms with Gasteiger partial charge in [0.2, 0.25) is 0 Å². The van der Waals surface area contributed by atoms with Crippen molar-refractivity contribution >= 4 is 5.69 Å². The molecule has 0 heterocycles. The van der Waals surface area contributed by atoms with Gasteiger partial charge in [-0.1, -0.05) is 32.4 Å². The van der Waals surface area contributed by atoms with E-state index < -0.39 is 0 Å². The fourth-order valence-electron chi connectivity index (χ4n) is 2.27. The van der Waals surface area contributed by atoms with E-state index in [1.165, 1.54) is 11.3 Å². The van der Waals surface area contributed by atoms with Gasteiger partial charge in [-0.3, -0.25) is 0 Å². The smallest absolute Gasteiger partial charge is 0.0364 e. The maximum atomic E-state index is 6.28. The summed E-state index contributed by atoms with van der Waals surface area (Å²) in [5.41, 5.74) is 8.80. The van der Waals surface area contributed by atoms with Crippen molar-refractivity contribution in [2.24, 2.45) is 5.73 Å². The highest BCUT2D eigenvalue weighted by molar-refractivity contribution is 5.47. The molecule has 0 bridgehead atoms. The summed E-state index contributed by atoms with van der Waals surface area (Å²) < 4.78 is 0. The number of benzene rings is 1. The molecule has 0 fully saturated rings. The lowest BCUT2D eigenvalue weighted by atomic mass is 9.97. The van der Waals surface area contributed by atoms with Crippen LogP contribution in [0.2, 0.25) is 0 Å². The SMILES string of the molecule is CCCC(C)(N)CN(C)c1ccc(CC)cc1. The van der Waals surface area contributed by atoms with Crippen LogP contribution in [0, 0.1) is 0 Å². The summed E-state index contributed by atoms with van der Waals surface area (Å²) >= 11 is 0. The third-order valence-electron chi connectivity index (χ3n) is 3.20. The molecule has 0 aromatic heterocycles. The molecule has 2 nitrogen and oxygen atoms in total. The van der Waals surface area contributed by atoms with E-state index in [2.05, 4.69) is 57.0 Å². The molecular formula is C15H26N2. The number of hydrogen-bond acceptors (Lipinski definition) is 2. The van der Waals surface area contributed by atoms with Crippen molar-refractivity contribution in [1.29, 1.82) is 0 Å². The summed E-state index contributed by atoms with van der Waals surface area (Å²) in [5, 5.41) is 0. The Morgan fingerprint density at radius 2 is 1.76 bits per heavy atom. The number of nitrogens with zero attached hydrogens (tertiary/aromatic N) is 1. The van der Waals surface area contributed by atoms with Crippen LogP contribution in [-0.4, -0.2) is 19.1 Å². The second-order valence-corrected chi connectivity index (χ2v) is 5.28. The minimum Gasteiger partial charge on any atom is -0.373 e. The Bertz CT molecular complexity index is 327. The zero-order valence-electron chi connectivity index (χ0n) is 11.7. The lowest BCUT2D eigenvalue weighted by Crippen LogP contribution is -2.46.